The van der Waals surface area contributed by atoms with Crippen LogP contribution in [0.5, 0.6) is 0 Å². The van der Waals surface area contributed by atoms with Gasteiger partial charge >= 0.3 is 5.97 Å². The monoisotopic (exact) mass is 228 g/mol. The zero-order chi connectivity index (χ0) is 11.1. The lowest BCUT2D eigenvalue weighted by atomic mass is 10.1. The summed E-state index contributed by atoms with van der Waals surface area (Å²) in [5.41, 5.74) is 0. The number of carboxylic acids is 1. The van der Waals surface area contributed by atoms with Crippen LogP contribution in [0.2, 0.25) is 0 Å². The maximum Gasteiger partial charge on any atom is 0.320 e. The Kier molecular flexibility index (Phi) is 2.41. The van der Waals surface area contributed by atoms with Gasteiger partial charge in [-0.2, -0.15) is 0 Å². The fourth-order valence-corrected chi connectivity index (χ4v) is 2.55. The van der Waals surface area contributed by atoms with Crippen molar-refractivity contribution in [2.75, 3.05) is 0 Å². The summed E-state index contributed by atoms with van der Waals surface area (Å²) in [6, 6.07) is 0. The van der Waals surface area contributed by atoms with Gasteiger partial charge in [0.1, 0.15) is 4.75 Å². The second kappa shape index (κ2) is 3.48. The molecule has 1 fully saturated rings. The molecule has 7 heteroatoms. The van der Waals surface area contributed by atoms with E-state index in [0.717, 1.165) is 12.8 Å². The van der Waals surface area contributed by atoms with E-state index in [1.165, 1.54) is 16.4 Å². The van der Waals surface area contributed by atoms with E-state index in [1.807, 2.05) is 0 Å². The summed E-state index contributed by atoms with van der Waals surface area (Å²) in [6.45, 7) is 1.74. The molecule has 1 N–H and O–H groups in total. The first-order valence-corrected chi connectivity index (χ1v) is 5.50. The zero-order valence-electron chi connectivity index (χ0n) is 8.54. The quantitative estimate of drug-likeness (QED) is 0.758. The topological polar surface area (TPSA) is 80.9 Å². The summed E-state index contributed by atoms with van der Waals surface area (Å²) in [5.74, 6) is -0.560. The molecular weight excluding hydrogens is 216 g/mol. The Hall–Kier alpha value is -1.11. The van der Waals surface area contributed by atoms with Crippen LogP contribution in [0.25, 0.3) is 0 Å². The van der Waals surface area contributed by atoms with Crippen molar-refractivity contribution in [1.82, 2.24) is 20.2 Å². The number of tetrazole rings is 1. The van der Waals surface area contributed by atoms with E-state index < -0.39 is 10.7 Å². The van der Waals surface area contributed by atoms with Crippen molar-refractivity contribution < 1.29 is 9.90 Å². The first-order valence-electron chi connectivity index (χ1n) is 4.69. The van der Waals surface area contributed by atoms with Gasteiger partial charge in [-0.1, -0.05) is 11.8 Å². The molecule has 1 aromatic heterocycles. The standard InChI is InChI=1S/C8H12N4O2S/c1-8(6(13)14,5-3-4-5)15-7-9-10-11-12(7)2/h5H,3-4H2,1-2H3,(H,13,14). The van der Waals surface area contributed by atoms with E-state index in [4.69, 9.17) is 0 Å². The molecular formula is C8H12N4O2S. The number of nitrogens with zero attached hydrogens (tertiary/aromatic N) is 4. The minimum atomic E-state index is -0.803. The normalized spacial score (nSPS) is 19.9. The Morgan fingerprint density at radius 3 is 2.73 bits per heavy atom. The van der Waals surface area contributed by atoms with Crippen LogP contribution in [0.4, 0.5) is 0 Å². The zero-order valence-corrected chi connectivity index (χ0v) is 9.36. The fraction of sp³-hybridized carbons (Fsp3) is 0.750. The Morgan fingerprint density at radius 2 is 2.33 bits per heavy atom. The van der Waals surface area contributed by atoms with E-state index >= 15 is 0 Å². The molecule has 1 aliphatic carbocycles. The SMILES string of the molecule is Cn1nnnc1SC(C)(C(=O)O)C1CC1. The highest BCUT2D eigenvalue weighted by Gasteiger charge is 2.49. The second-order valence-electron chi connectivity index (χ2n) is 3.87. The van der Waals surface area contributed by atoms with Gasteiger partial charge in [-0.15, -0.1) is 5.10 Å². The molecule has 0 spiro atoms. The number of aliphatic carboxylic acids is 1. The van der Waals surface area contributed by atoms with E-state index in [9.17, 15) is 9.90 Å². The lowest BCUT2D eigenvalue weighted by Crippen LogP contribution is -2.34. The molecule has 0 aromatic carbocycles. The number of hydrogen-bond acceptors (Lipinski definition) is 5. The summed E-state index contributed by atoms with van der Waals surface area (Å²) >= 11 is 1.23. The van der Waals surface area contributed by atoms with Crippen molar-refractivity contribution in [3.8, 4) is 0 Å². The van der Waals surface area contributed by atoms with Crippen LogP contribution in [0.1, 0.15) is 19.8 Å². The van der Waals surface area contributed by atoms with Crippen molar-refractivity contribution in [2.45, 2.75) is 29.7 Å². The minimum Gasteiger partial charge on any atom is -0.480 e. The molecule has 15 heavy (non-hydrogen) atoms. The molecule has 82 valence electrons. The van der Waals surface area contributed by atoms with Gasteiger partial charge in [0.2, 0.25) is 5.16 Å². The second-order valence-corrected chi connectivity index (χ2v) is 5.29. The lowest BCUT2D eigenvalue weighted by Gasteiger charge is -2.22. The molecule has 1 saturated carbocycles. The number of carboxylic acid groups (broad SMARTS) is 1. The van der Waals surface area contributed by atoms with Crippen molar-refractivity contribution in [3.63, 3.8) is 0 Å². The molecule has 1 heterocycles. The molecule has 2 rings (SSSR count). The Labute approximate surface area is 91.0 Å². The lowest BCUT2D eigenvalue weighted by molar-refractivity contribution is -0.140. The van der Waals surface area contributed by atoms with Gasteiger partial charge in [0, 0.05) is 7.05 Å². The summed E-state index contributed by atoms with van der Waals surface area (Å²) < 4.78 is 0.691. The van der Waals surface area contributed by atoms with Crippen LogP contribution in [0.3, 0.4) is 0 Å². The Bertz CT molecular complexity index is 390. The Morgan fingerprint density at radius 1 is 1.67 bits per heavy atom. The molecule has 1 aromatic rings. The summed E-state index contributed by atoms with van der Waals surface area (Å²) in [5, 5.41) is 20.8. The molecule has 0 saturated heterocycles. The van der Waals surface area contributed by atoms with Gasteiger partial charge in [0.25, 0.3) is 0 Å². The largest absolute Gasteiger partial charge is 0.480 e. The molecule has 6 nitrogen and oxygen atoms in total. The number of carbonyl (C=O) groups is 1. The molecule has 0 amide bonds. The first kappa shape index (κ1) is 10.4. The maximum absolute atomic E-state index is 11.2. The van der Waals surface area contributed by atoms with Gasteiger partial charge in [-0.25, -0.2) is 4.68 Å². The fourth-order valence-electron chi connectivity index (χ4n) is 1.43. The highest BCUT2D eigenvalue weighted by Crippen LogP contribution is 2.49. The minimum absolute atomic E-state index is 0.233. The highest BCUT2D eigenvalue weighted by molar-refractivity contribution is 8.01. The van der Waals surface area contributed by atoms with Gasteiger partial charge in [0.15, 0.2) is 0 Å². The average molecular weight is 228 g/mol. The van der Waals surface area contributed by atoms with Crippen LogP contribution in [-0.2, 0) is 11.8 Å². The van der Waals surface area contributed by atoms with E-state index in [1.54, 1.807) is 14.0 Å². The molecule has 1 aliphatic rings. The third kappa shape index (κ3) is 1.83. The summed E-state index contributed by atoms with van der Waals surface area (Å²) in [7, 11) is 1.71. The number of thioether (sulfide) groups is 1. The summed E-state index contributed by atoms with van der Waals surface area (Å²) in [6.07, 6.45) is 1.95. The van der Waals surface area contributed by atoms with Crippen molar-refractivity contribution in [1.29, 1.82) is 0 Å². The van der Waals surface area contributed by atoms with E-state index in [0.29, 0.717) is 5.16 Å². The Balaban J connectivity index is 2.21. The highest BCUT2D eigenvalue weighted by atomic mass is 32.2. The van der Waals surface area contributed by atoms with E-state index in [-0.39, 0.29) is 5.92 Å². The molecule has 0 radical (unpaired) electrons. The van der Waals surface area contributed by atoms with E-state index in [2.05, 4.69) is 15.5 Å². The van der Waals surface area contributed by atoms with Crippen molar-refractivity contribution in [3.05, 3.63) is 0 Å². The van der Waals surface area contributed by atoms with Crippen LogP contribution in [-0.4, -0.2) is 36.0 Å². The van der Waals surface area contributed by atoms with Gasteiger partial charge in [-0.3, -0.25) is 4.79 Å². The average Bonchev–Trinajstić information content (AvgIpc) is 2.94. The predicted molar refractivity (Wildman–Crippen MR) is 53.4 cm³/mol. The van der Waals surface area contributed by atoms with Crippen LogP contribution < -0.4 is 0 Å². The third-order valence-electron chi connectivity index (χ3n) is 2.67. The molecule has 1 unspecified atom stereocenters. The van der Waals surface area contributed by atoms with Crippen molar-refractivity contribution >= 4 is 17.7 Å². The van der Waals surface area contributed by atoms with Crippen molar-refractivity contribution in [2.24, 2.45) is 13.0 Å². The van der Waals surface area contributed by atoms with Crippen LogP contribution >= 0.6 is 11.8 Å². The maximum atomic E-state index is 11.2. The first-order chi connectivity index (χ1) is 7.04. The molecule has 0 aliphatic heterocycles. The number of aryl methyl sites for hydroxylation is 1. The molecule has 1 atom stereocenters. The molecule has 0 bridgehead atoms. The third-order valence-corrected chi connectivity index (χ3v) is 4.13. The predicted octanol–water partition coefficient (Wildman–Crippen LogP) is 0.555. The van der Waals surface area contributed by atoms with Crippen LogP contribution in [0.15, 0.2) is 5.16 Å². The van der Waals surface area contributed by atoms with Gasteiger partial charge in [-0.05, 0) is 36.1 Å². The number of hydrogen-bond donors (Lipinski definition) is 1. The van der Waals surface area contributed by atoms with Gasteiger partial charge in [0.05, 0.1) is 0 Å². The summed E-state index contributed by atoms with van der Waals surface area (Å²) in [4.78, 5) is 11.2. The van der Waals surface area contributed by atoms with Crippen LogP contribution in [0, 0.1) is 5.92 Å². The van der Waals surface area contributed by atoms with Gasteiger partial charge < -0.3 is 5.11 Å². The number of rotatable bonds is 4. The number of aromatic nitrogens is 4. The smallest absolute Gasteiger partial charge is 0.320 e.